The molecule has 1 atom stereocenters. The molecule has 0 aliphatic carbocycles. The van der Waals surface area contributed by atoms with E-state index in [4.69, 9.17) is 5.73 Å². The normalized spacial score (nSPS) is 22.0. The molecule has 2 heterocycles. The second-order valence-electron chi connectivity index (χ2n) is 4.71. The summed E-state index contributed by atoms with van der Waals surface area (Å²) in [5.74, 6) is 0.126. The van der Waals surface area contributed by atoms with Crippen LogP contribution in [0.15, 0.2) is 24.5 Å². The Morgan fingerprint density at radius 1 is 1.50 bits per heavy atom. The van der Waals surface area contributed by atoms with Crippen LogP contribution in [-0.4, -0.2) is 53.4 Å². The lowest BCUT2D eigenvalue weighted by Gasteiger charge is -2.27. The van der Waals surface area contributed by atoms with Crippen molar-refractivity contribution in [2.75, 3.05) is 26.7 Å². The van der Waals surface area contributed by atoms with Gasteiger partial charge in [0.25, 0.3) is 0 Å². The number of hydrogen-bond acceptors (Lipinski definition) is 4. The molecule has 1 aliphatic rings. The summed E-state index contributed by atoms with van der Waals surface area (Å²) in [6.07, 6.45) is 4.53. The lowest BCUT2D eigenvalue weighted by Crippen LogP contribution is -2.48. The standard InChI is InChI=1S/C13H20N4O/c1-16-6-3-7-17(13(18)12(16)8-14)10-11-4-2-5-15-9-11/h2,4-5,9,12H,3,6-8,10,14H2,1H3. The topological polar surface area (TPSA) is 62.5 Å². The molecule has 1 aromatic rings. The Bertz CT molecular complexity index is 395. The van der Waals surface area contributed by atoms with Crippen LogP contribution in [0.3, 0.4) is 0 Å². The van der Waals surface area contributed by atoms with Crippen LogP contribution < -0.4 is 5.73 Å². The maximum Gasteiger partial charge on any atom is 0.241 e. The Labute approximate surface area is 108 Å². The van der Waals surface area contributed by atoms with Crippen molar-refractivity contribution in [1.29, 1.82) is 0 Å². The molecule has 18 heavy (non-hydrogen) atoms. The van der Waals surface area contributed by atoms with E-state index in [1.807, 2.05) is 29.0 Å². The molecule has 5 heteroatoms. The molecular formula is C13H20N4O. The van der Waals surface area contributed by atoms with Gasteiger partial charge in [0.2, 0.25) is 5.91 Å². The number of carbonyl (C=O) groups is 1. The van der Waals surface area contributed by atoms with Crippen molar-refractivity contribution in [3.8, 4) is 0 Å². The second-order valence-corrected chi connectivity index (χ2v) is 4.71. The number of rotatable bonds is 3. The summed E-state index contributed by atoms with van der Waals surface area (Å²) >= 11 is 0. The average molecular weight is 248 g/mol. The minimum absolute atomic E-state index is 0.126. The Balaban J connectivity index is 2.10. The van der Waals surface area contributed by atoms with Crippen molar-refractivity contribution in [2.24, 2.45) is 5.73 Å². The largest absolute Gasteiger partial charge is 0.337 e. The summed E-state index contributed by atoms with van der Waals surface area (Å²) in [5.41, 5.74) is 6.77. The van der Waals surface area contributed by atoms with Crippen LogP contribution in [-0.2, 0) is 11.3 Å². The fraction of sp³-hybridized carbons (Fsp3) is 0.538. The van der Waals surface area contributed by atoms with Crippen LogP contribution in [0.25, 0.3) is 0 Å². The lowest BCUT2D eigenvalue weighted by molar-refractivity contribution is -0.135. The molecule has 1 unspecified atom stereocenters. The van der Waals surface area contributed by atoms with Crippen molar-refractivity contribution in [2.45, 2.75) is 19.0 Å². The van der Waals surface area contributed by atoms with Crippen molar-refractivity contribution in [3.63, 3.8) is 0 Å². The number of likely N-dealkylation sites (N-methyl/N-ethyl adjacent to an activating group) is 1. The summed E-state index contributed by atoms with van der Waals surface area (Å²) in [5, 5.41) is 0. The molecule has 1 fully saturated rings. The first-order valence-electron chi connectivity index (χ1n) is 6.30. The van der Waals surface area contributed by atoms with Gasteiger partial charge in [0, 0.05) is 38.6 Å². The van der Waals surface area contributed by atoms with Gasteiger partial charge < -0.3 is 10.6 Å². The fourth-order valence-electron chi connectivity index (χ4n) is 2.33. The highest BCUT2D eigenvalue weighted by Gasteiger charge is 2.29. The van der Waals surface area contributed by atoms with Crippen LogP contribution in [0.2, 0.25) is 0 Å². The van der Waals surface area contributed by atoms with Crippen LogP contribution >= 0.6 is 0 Å². The van der Waals surface area contributed by atoms with E-state index in [0.29, 0.717) is 13.1 Å². The molecule has 0 saturated carbocycles. The molecule has 1 saturated heterocycles. The molecule has 98 valence electrons. The molecule has 1 aromatic heterocycles. The Morgan fingerprint density at radius 2 is 2.33 bits per heavy atom. The quantitative estimate of drug-likeness (QED) is 0.822. The number of amides is 1. The van der Waals surface area contributed by atoms with E-state index < -0.39 is 0 Å². The Hall–Kier alpha value is -1.46. The molecule has 0 bridgehead atoms. The van der Waals surface area contributed by atoms with Crippen LogP contribution in [0.4, 0.5) is 0 Å². The molecule has 5 nitrogen and oxygen atoms in total. The third-order valence-electron chi connectivity index (χ3n) is 3.39. The number of aromatic nitrogens is 1. The first-order valence-corrected chi connectivity index (χ1v) is 6.30. The van der Waals surface area contributed by atoms with Gasteiger partial charge in [-0.05, 0) is 25.1 Å². The Morgan fingerprint density at radius 3 is 3.00 bits per heavy atom. The third kappa shape index (κ3) is 2.86. The number of pyridine rings is 1. The zero-order chi connectivity index (χ0) is 13.0. The van der Waals surface area contributed by atoms with E-state index >= 15 is 0 Å². The van der Waals surface area contributed by atoms with Crippen molar-refractivity contribution in [3.05, 3.63) is 30.1 Å². The van der Waals surface area contributed by atoms with Crippen LogP contribution in [0, 0.1) is 0 Å². The predicted octanol–water partition coefficient (Wildman–Crippen LogP) is 0.0730. The van der Waals surface area contributed by atoms with Crippen molar-refractivity contribution < 1.29 is 4.79 Å². The molecule has 2 N–H and O–H groups in total. The second kappa shape index (κ2) is 5.93. The monoisotopic (exact) mass is 248 g/mol. The van der Waals surface area contributed by atoms with E-state index in [9.17, 15) is 4.79 Å². The van der Waals surface area contributed by atoms with Crippen LogP contribution in [0.1, 0.15) is 12.0 Å². The number of hydrogen-bond donors (Lipinski definition) is 1. The molecule has 0 spiro atoms. The highest BCUT2D eigenvalue weighted by Crippen LogP contribution is 2.12. The molecule has 1 aliphatic heterocycles. The summed E-state index contributed by atoms with van der Waals surface area (Å²) in [6, 6.07) is 3.69. The van der Waals surface area contributed by atoms with E-state index in [2.05, 4.69) is 4.98 Å². The summed E-state index contributed by atoms with van der Waals surface area (Å²) in [7, 11) is 1.96. The van der Waals surface area contributed by atoms with Gasteiger partial charge in [-0.1, -0.05) is 6.07 Å². The van der Waals surface area contributed by atoms with Gasteiger partial charge >= 0.3 is 0 Å². The predicted molar refractivity (Wildman–Crippen MR) is 69.7 cm³/mol. The molecule has 0 aromatic carbocycles. The van der Waals surface area contributed by atoms with Crippen molar-refractivity contribution >= 4 is 5.91 Å². The molecular weight excluding hydrogens is 228 g/mol. The maximum atomic E-state index is 12.4. The minimum Gasteiger partial charge on any atom is -0.337 e. The highest BCUT2D eigenvalue weighted by molar-refractivity contribution is 5.82. The van der Waals surface area contributed by atoms with E-state index in [1.54, 1.807) is 12.4 Å². The fourth-order valence-corrected chi connectivity index (χ4v) is 2.33. The number of nitrogens with two attached hydrogens (primary N) is 1. The SMILES string of the molecule is CN1CCCN(Cc2cccnc2)C(=O)C1CN. The van der Waals surface area contributed by atoms with Gasteiger partial charge in [-0.3, -0.25) is 14.7 Å². The van der Waals surface area contributed by atoms with Gasteiger partial charge in [-0.15, -0.1) is 0 Å². The van der Waals surface area contributed by atoms with Gasteiger partial charge in [0.1, 0.15) is 6.04 Å². The van der Waals surface area contributed by atoms with Gasteiger partial charge in [0.15, 0.2) is 0 Å². The van der Waals surface area contributed by atoms with Crippen LogP contribution in [0.5, 0.6) is 0 Å². The van der Waals surface area contributed by atoms with E-state index in [-0.39, 0.29) is 11.9 Å². The highest BCUT2D eigenvalue weighted by atomic mass is 16.2. The zero-order valence-corrected chi connectivity index (χ0v) is 10.7. The van der Waals surface area contributed by atoms with Gasteiger partial charge in [-0.25, -0.2) is 0 Å². The van der Waals surface area contributed by atoms with Gasteiger partial charge in [0.05, 0.1) is 0 Å². The summed E-state index contributed by atoms with van der Waals surface area (Å²) in [4.78, 5) is 20.4. The molecule has 1 amide bonds. The average Bonchev–Trinajstić information content (AvgIpc) is 2.51. The summed E-state index contributed by atoms with van der Waals surface area (Å²) < 4.78 is 0. The summed E-state index contributed by atoms with van der Waals surface area (Å²) in [6.45, 7) is 2.70. The number of nitrogens with zero attached hydrogens (tertiary/aromatic N) is 3. The smallest absolute Gasteiger partial charge is 0.241 e. The lowest BCUT2D eigenvalue weighted by atomic mass is 10.2. The van der Waals surface area contributed by atoms with E-state index in [0.717, 1.165) is 25.1 Å². The maximum absolute atomic E-state index is 12.4. The molecule has 0 radical (unpaired) electrons. The van der Waals surface area contributed by atoms with E-state index in [1.165, 1.54) is 0 Å². The third-order valence-corrected chi connectivity index (χ3v) is 3.39. The Kier molecular flexibility index (Phi) is 4.28. The first-order chi connectivity index (χ1) is 8.72. The first kappa shape index (κ1) is 13.0. The zero-order valence-electron chi connectivity index (χ0n) is 10.7. The van der Waals surface area contributed by atoms with Gasteiger partial charge in [-0.2, -0.15) is 0 Å². The molecule has 2 rings (SSSR count). The number of carbonyl (C=O) groups excluding carboxylic acids is 1. The minimum atomic E-state index is -0.191. The van der Waals surface area contributed by atoms with Crippen molar-refractivity contribution in [1.82, 2.24) is 14.8 Å².